The third-order valence-electron chi connectivity index (χ3n) is 5.81. The highest BCUT2D eigenvalue weighted by Crippen LogP contribution is 2.48. The van der Waals surface area contributed by atoms with E-state index in [1.54, 1.807) is 23.5 Å². The minimum atomic E-state index is -1.06. The van der Waals surface area contributed by atoms with Crippen LogP contribution in [0.25, 0.3) is 16.0 Å². The van der Waals surface area contributed by atoms with Gasteiger partial charge < -0.3 is 15.6 Å². The van der Waals surface area contributed by atoms with E-state index in [1.165, 1.54) is 5.57 Å². The molecule has 172 valence electrons. The fourth-order valence-electron chi connectivity index (χ4n) is 4.07. The van der Waals surface area contributed by atoms with Crippen molar-refractivity contribution in [1.82, 2.24) is 0 Å². The molecule has 0 spiro atoms. The summed E-state index contributed by atoms with van der Waals surface area (Å²) in [6.07, 6.45) is 4.05. The number of nitrogens with two attached hydrogens (primary N) is 1. The van der Waals surface area contributed by atoms with Crippen molar-refractivity contribution in [3.05, 3.63) is 51.9 Å². The number of primary amides is 1. The van der Waals surface area contributed by atoms with Crippen molar-refractivity contribution in [1.29, 1.82) is 0 Å². The molecule has 3 rings (SSSR count). The number of hydrogen-bond acceptors (Lipinski definition) is 4. The number of thiophene rings is 1. The van der Waals surface area contributed by atoms with Crippen LogP contribution in [0.1, 0.15) is 86.3 Å². The number of rotatable bonds is 6. The summed E-state index contributed by atoms with van der Waals surface area (Å²) in [5.41, 5.74) is 9.28. The van der Waals surface area contributed by atoms with E-state index in [4.69, 9.17) is 10.5 Å². The van der Waals surface area contributed by atoms with Crippen molar-refractivity contribution in [3.8, 4) is 10.4 Å². The monoisotopic (exact) mass is 455 g/mol. The average Bonchev–Trinajstić information content (AvgIpc) is 3.02. The number of carbonyl (C=O) groups is 2. The summed E-state index contributed by atoms with van der Waals surface area (Å²) < 4.78 is 6.06. The summed E-state index contributed by atoms with van der Waals surface area (Å²) in [5.74, 6) is -1.46. The van der Waals surface area contributed by atoms with E-state index in [0.29, 0.717) is 5.56 Å². The Morgan fingerprint density at radius 1 is 1.19 bits per heavy atom. The standard InChI is InChI=1S/C26H33NO4S/c1-15-19(21(24(29)30)31-25(2,3)4)20(16-11-13-26(5,6)14-12-16)22(32-15)17-7-9-18(10-8-17)23(27)28/h7-11,21H,12-14H2,1-6H3,(H2,27,28)(H,29,30). The minimum absolute atomic E-state index is 0.228. The average molecular weight is 456 g/mol. The highest BCUT2D eigenvalue weighted by atomic mass is 32.1. The summed E-state index contributed by atoms with van der Waals surface area (Å²) in [4.78, 5) is 25.8. The van der Waals surface area contributed by atoms with Crippen LogP contribution in [0.2, 0.25) is 0 Å². The molecule has 1 atom stereocenters. The lowest BCUT2D eigenvalue weighted by Gasteiger charge is -2.31. The molecule has 1 aliphatic rings. The van der Waals surface area contributed by atoms with E-state index in [0.717, 1.165) is 45.7 Å². The molecule has 6 heteroatoms. The molecule has 1 unspecified atom stereocenters. The second-order valence-electron chi connectivity index (χ2n) is 10.3. The largest absolute Gasteiger partial charge is 0.479 e. The van der Waals surface area contributed by atoms with Gasteiger partial charge in [-0.05, 0) is 75.6 Å². The Kier molecular flexibility index (Phi) is 6.68. The number of carboxylic acid groups (broad SMARTS) is 1. The second-order valence-corrected chi connectivity index (χ2v) is 11.5. The summed E-state index contributed by atoms with van der Waals surface area (Å²) in [6, 6.07) is 7.20. The molecule has 0 saturated carbocycles. The van der Waals surface area contributed by atoms with E-state index in [2.05, 4.69) is 19.9 Å². The van der Waals surface area contributed by atoms with Gasteiger partial charge in [0.25, 0.3) is 0 Å². The van der Waals surface area contributed by atoms with Crippen LogP contribution in [0, 0.1) is 12.3 Å². The molecular formula is C26H33NO4S. The van der Waals surface area contributed by atoms with Crippen LogP contribution in [0.3, 0.4) is 0 Å². The predicted octanol–water partition coefficient (Wildman–Crippen LogP) is 6.36. The molecule has 1 heterocycles. The smallest absolute Gasteiger partial charge is 0.337 e. The maximum absolute atomic E-state index is 12.3. The SMILES string of the molecule is Cc1sc(-c2ccc(C(N)=O)cc2)c(C2=CCC(C)(C)CC2)c1C(OC(C)(C)C)C(=O)O. The normalized spacial score (nSPS) is 17.0. The first-order chi connectivity index (χ1) is 14.8. The number of hydrogen-bond donors (Lipinski definition) is 2. The van der Waals surface area contributed by atoms with Gasteiger partial charge in [-0.15, -0.1) is 11.3 Å². The van der Waals surface area contributed by atoms with Gasteiger partial charge in [-0.2, -0.15) is 0 Å². The molecule has 32 heavy (non-hydrogen) atoms. The van der Waals surface area contributed by atoms with Crippen LogP contribution in [-0.2, 0) is 9.53 Å². The van der Waals surface area contributed by atoms with Crippen molar-refractivity contribution < 1.29 is 19.4 Å². The maximum atomic E-state index is 12.3. The molecule has 1 aromatic heterocycles. The lowest BCUT2D eigenvalue weighted by atomic mass is 9.76. The Morgan fingerprint density at radius 3 is 2.28 bits per heavy atom. The fraction of sp³-hybridized carbons (Fsp3) is 0.462. The van der Waals surface area contributed by atoms with Gasteiger partial charge in [-0.1, -0.05) is 32.1 Å². The van der Waals surface area contributed by atoms with Gasteiger partial charge in [0.2, 0.25) is 5.91 Å². The van der Waals surface area contributed by atoms with Gasteiger partial charge in [0, 0.05) is 26.4 Å². The van der Waals surface area contributed by atoms with Gasteiger partial charge >= 0.3 is 5.97 Å². The molecular weight excluding hydrogens is 422 g/mol. The third kappa shape index (κ3) is 5.30. The number of ether oxygens (including phenoxy) is 1. The number of aryl methyl sites for hydroxylation is 1. The second kappa shape index (κ2) is 8.83. The van der Waals surface area contributed by atoms with Gasteiger partial charge in [0.05, 0.1) is 5.60 Å². The van der Waals surface area contributed by atoms with Crippen molar-refractivity contribution >= 4 is 28.8 Å². The molecule has 0 bridgehead atoms. The van der Waals surface area contributed by atoms with Crippen molar-refractivity contribution in [2.75, 3.05) is 0 Å². The van der Waals surface area contributed by atoms with E-state index >= 15 is 0 Å². The lowest BCUT2D eigenvalue weighted by Crippen LogP contribution is -2.28. The van der Waals surface area contributed by atoms with E-state index in [1.807, 2.05) is 39.8 Å². The van der Waals surface area contributed by atoms with Crippen LogP contribution in [0.4, 0.5) is 0 Å². The van der Waals surface area contributed by atoms with Crippen LogP contribution in [0.15, 0.2) is 30.3 Å². The molecule has 1 aliphatic carbocycles. The molecule has 2 aromatic rings. The number of aliphatic carboxylic acids is 1. The topological polar surface area (TPSA) is 89.6 Å². The maximum Gasteiger partial charge on any atom is 0.337 e. The first kappa shape index (κ1) is 24.2. The van der Waals surface area contributed by atoms with Crippen LogP contribution >= 0.6 is 11.3 Å². The summed E-state index contributed by atoms with van der Waals surface area (Å²) >= 11 is 1.57. The minimum Gasteiger partial charge on any atom is -0.479 e. The number of carbonyl (C=O) groups excluding carboxylic acids is 1. The first-order valence-electron chi connectivity index (χ1n) is 10.9. The van der Waals surface area contributed by atoms with Crippen LogP contribution in [-0.4, -0.2) is 22.6 Å². The zero-order chi connectivity index (χ0) is 23.8. The number of carboxylic acids is 1. The number of allylic oxidation sites excluding steroid dienone is 2. The zero-order valence-electron chi connectivity index (χ0n) is 19.7. The Bertz CT molecular complexity index is 1050. The lowest BCUT2D eigenvalue weighted by molar-refractivity contribution is -0.160. The molecule has 1 aromatic carbocycles. The highest BCUT2D eigenvalue weighted by molar-refractivity contribution is 7.16. The van der Waals surface area contributed by atoms with Crippen molar-refractivity contribution in [2.45, 2.75) is 72.5 Å². The van der Waals surface area contributed by atoms with Gasteiger partial charge in [0.15, 0.2) is 6.10 Å². The van der Waals surface area contributed by atoms with Crippen molar-refractivity contribution in [3.63, 3.8) is 0 Å². The van der Waals surface area contributed by atoms with Crippen molar-refractivity contribution in [2.24, 2.45) is 11.1 Å². The Morgan fingerprint density at radius 2 is 1.81 bits per heavy atom. The molecule has 0 aliphatic heterocycles. The summed E-state index contributed by atoms with van der Waals surface area (Å²) in [5, 5.41) is 10.1. The third-order valence-corrected chi connectivity index (χ3v) is 6.98. The number of amides is 1. The van der Waals surface area contributed by atoms with Gasteiger partial charge in [-0.3, -0.25) is 4.79 Å². The molecule has 5 nitrogen and oxygen atoms in total. The quantitative estimate of drug-likeness (QED) is 0.530. The highest BCUT2D eigenvalue weighted by Gasteiger charge is 2.35. The first-order valence-corrected chi connectivity index (χ1v) is 11.7. The molecule has 0 saturated heterocycles. The van der Waals surface area contributed by atoms with Gasteiger partial charge in [0.1, 0.15) is 0 Å². The molecule has 1 amide bonds. The van der Waals surface area contributed by atoms with E-state index in [9.17, 15) is 14.7 Å². The van der Waals surface area contributed by atoms with Crippen LogP contribution < -0.4 is 5.73 Å². The summed E-state index contributed by atoms with van der Waals surface area (Å²) in [6.45, 7) is 12.1. The Labute approximate surface area is 194 Å². The van der Waals surface area contributed by atoms with E-state index < -0.39 is 23.6 Å². The number of benzene rings is 1. The fourth-order valence-corrected chi connectivity index (χ4v) is 5.29. The summed E-state index contributed by atoms with van der Waals surface area (Å²) in [7, 11) is 0. The molecule has 0 fully saturated rings. The molecule has 3 N–H and O–H groups in total. The zero-order valence-corrected chi connectivity index (χ0v) is 20.6. The Hall–Kier alpha value is -2.44. The molecule has 0 radical (unpaired) electrons. The van der Waals surface area contributed by atoms with Gasteiger partial charge in [-0.25, -0.2) is 4.79 Å². The Balaban J connectivity index is 2.22. The van der Waals surface area contributed by atoms with E-state index in [-0.39, 0.29) is 5.41 Å². The van der Waals surface area contributed by atoms with Crippen LogP contribution in [0.5, 0.6) is 0 Å². The predicted molar refractivity (Wildman–Crippen MR) is 130 cm³/mol.